The molecule has 116 valence electrons. The van der Waals surface area contributed by atoms with E-state index < -0.39 is 6.10 Å². The summed E-state index contributed by atoms with van der Waals surface area (Å²) in [5.41, 5.74) is 3.18. The third-order valence-corrected chi connectivity index (χ3v) is 3.95. The molecule has 1 amide bonds. The predicted molar refractivity (Wildman–Crippen MR) is 89.3 cm³/mol. The van der Waals surface area contributed by atoms with Gasteiger partial charge in [0.2, 0.25) is 0 Å². The van der Waals surface area contributed by atoms with Crippen molar-refractivity contribution in [3.05, 3.63) is 64.2 Å². The van der Waals surface area contributed by atoms with Gasteiger partial charge in [0.15, 0.2) is 6.10 Å². The summed E-state index contributed by atoms with van der Waals surface area (Å²) in [6, 6.07) is 13.3. The molecule has 2 aromatic carbocycles. The Morgan fingerprint density at radius 3 is 2.59 bits per heavy atom. The number of carbonyl (C=O) groups is 1. The summed E-state index contributed by atoms with van der Waals surface area (Å²) in [4.78, 5) is 12.1. The van der Waals surface area contributed by atoms with Crippen LogP contribution < -0.4 is 10.1 Å². The lowest BCUT2D eigenvalue weighted by Crippen LogP contribution is -2.36. The molecule has 0 aromatic heterocycles. The van der Waals surface area contributed by atoms with Gasteiger partial charge in [-0.2, -0.15) is 0 Å². The van der Waals surface area contributed by atoms with Crippen molar-refractivity contribution in [2.24, 2.45) is 0 Å². The molecule has 0 saturated carbocycles. The van der Waals surface area contributed by atoms with Crippen LogP contribution in [0.3, 0.4) is 0 Å². The molecule has 0 saturated heterocycles. The van der Waals surface area contributed by atoms with Crippen LogP contribution in [0.2, 0.25) is 5.02 Å². The van der Waals surface area contributed by atoms with Crippen LogP contribution in [0.5, 0.6) is 5.75 Å². The van der Waals surface area contributed by atoms with E-state index in [2.05, 4.69) is 5.32 Å². The highest BCUT2D eigenvalue weighted by molar-refractivity contribution is 6.31. The smallest absolute Gasteiger partial charge is 0.261 e. The quantitative estimate of drug-likeness (QED) is 0.903. The fourth-order valence-corrected chi connectivity index (χ4v) is 2.20. The molecular formula is C18H20ClNO2. The number of amides is 1. The molecule has 0 unspecified atom stereocenters. The Bertz CT molecular complexity index is 670. The van der Waals surface area contributed by atoms with E-state index in [1.54, 1.807) is 19.1 Å². The van der Waals surface area contributed by atoms with Crippen molar-refractivity contribution in [2.75, 3.05) is 0 Å². The van der Waals surface area contributed by atoms with Gasteiger partial charge in [0.1, 0.15) is 5.75 Å². The van der Waals surface area contributed by atoms with Gasteiger partial charge >= 0.3 is 0 Å². The number of benzene rings is 2. The van der Waals surface area contributed by atoms with Crippen molar-refractivity contribution in [3.63, 3.8) is 0 Å². The van der Waals surface area contributed by atoms with Gasteiger partial charge in [-0.05, 0) is 55.7 Å². The molecule has 0 bridgehead atoms. The van der Waals surface area contributed by atoms with E-state index in [0.717, 1.165) is 16.7 Å². The largest absolute Gasteiger partial charge is 0.481 e. The zero-order valence-corrected chi connectivity index (χ0v) is 13.8. The number of halogens is 1. The number of hydrogen-bond donors (Lipinski definition) is 1. The van der Waals surface area contributed by atoms with E-state index in [0.29, 0.717) is 17.3 Å². The zero-order valence-electron chi connectivity index (χ0n) is 13.0. The van der Waals surface area contributed by atoms with Crippen LogP contribution in [0.15, 0.2) is 42.5 Å². The lowest BCUT2D eigenvalue weighted by Gasteiger charge is -2.16. The third-order valence-electron chi connectivity index (χ3n) is 3.53. The molecule has 0 spiro atoms. The van der Waals surface area contributed by atoms with Crippen LogP contribution in [-0.2, 0) is 11.3 Å². The molecule has 0 aliphatic carbocycles. The Morgan fingerprint density at radius 2 is 1.91 bits per heavy atom. The average Bonchev–Trinajstić information content (AvgIpc) is 2.50. The minimum absolute atomic E-state index is 0.143. The molecule has 4 heteroatoms. The summed E-state index contributed by atoms with van der Waals surface area (Å²) in [7, 11) is 0. The normalized spacial score (nSPS) is 11.8. The van der Waals surface area contributed by atoms with E-state index >= 15 is 0 Å². The molecule has 0 heterocycles. The second-order valence-electron chi connectivity index (χ2n) is 5.32. The molecule has 2 rings (SSSR count). The Balaban J connectivity index is 1.92. The lowest BCUT2D eigenvalue weighted by atomic mass is 10.1. The molecular weight excluding hydrogens is 298 g/mol. The van der Waals surface area contributed by atoms with Crippen molar-refractivity contribution in [2.45, 2.75) is 33.4 Å². The lowest BCUT2D eigenvalue weighted by molar-refractivity contribution is -0.127. The Hall–Kier alpha value is -2.00. The molecule has 0 aliphatic heterocycles. The van der Waals surface area contributed by atoms with E-state index in [4.69, 9.17) is 16.3 Å². The second kappa shape index (κ2) is 7.32. The van der Waals surface area contributed by atoms with Gasteiger partial charge in [-0.15, -0.1) is 0 Å². The third kappa shape index (κ3) is 4.25. The van der Waals surface area contributed by atoms with Gasteiger partial charge in [0.05, 0.1) is 0 Å². The van der Waals surface area contributed by atoms with Crippen LogP contribution in [0.25, 0.3) is 0 Å². The number of ether oxygens (including phenoxy) is 1. The zero-order chi connectivity index (χ0) is 16.1. The topological polar surface area (TPSA) is 38.3 Å². The number of nitrogens with one attached hydrogen (secondary N) is 1. The maximum atomic E-state index is 12.1. The summed E-state index contributed by atoms with van der Waals surface area (Å²) in [5, 5.41) is 3.58. The SMILES string of the molecule is Cc1cc(O[C@@H](C)C(=O)NCc2ccccc2C)ccc1Cl. The standard InChI is InChI=1S/C18H20ClNO2/c1-12-6-4-5-7-15(12)11-20-18(21)14(3)22-16-8-9-17(19)13(2)10-16/h4-10,14H,11H2,1-3H3,(H,20,21)/t14-/m0/s1. The Labute approximate surface area is 136 Å². The molecule has 1 N–H and O–H groups in total. The first-order valence-electron chi connectivity index (χ1n) is 7.22. The van der Waals surface area contributed by atoms with Gasteiger partial charge in [-0.3, -0.25) is 4.79 Å². The second-order valence-corrected chi connectivity index (χ2v) is 5.72. The molecule has 3 nitrogen and oxygen atoms in total. The van der Waals surface area contributed by atoms with Crippen LogP contribution in [0.4, 0.5) is 0 Å². The monoisotopic (exact) mass is 317 g/mol. The van der Waals surface area contributed by atoms with Crippen molar-refractivity contribution in [1.82, 2.24) is 5.32 Å². The van der Waals surface area contributed by atoms with E-state index in [1.165, 1.54) is 0 Å². The summed E-state index contributed by atoms with van der Waals surface area (Å²) < 4.78 is 5.66. The fourth-order valence-electron chi connectivity index (χ4n) is 2.08. The van der Waals surface area contributed by atoms with Gasteiger partial charge < -0.3 is 10.1 Å². The van der Waals surface area contributed by atoms with Crippen molar-refractivity contribution >= 4 is 17.5 Å². The van der Waals surface area contributed by atoms with E-state index in [9.17, 15) is 4.79 Å². The Kier molecular flexibility index (Phi) is 5.45. The highest BCUT2D eigenvalue weighted by Crippen LogP contribution is 2.21. The fraction of sp³-hybridized carbons (Fsp3) is 0.278. The van der Waals surface area contributed by atoms with Crippen LogP contribution in [-0.4, -0.2) is 12.0 Å². The molecule has 22 heavy (non-hydrogen) atoms. The van der Waals surface area contributed by atoms with Crippen LogP contribution in [0.1, 0.15) is 23.6 Å². The summed E-state index contributed by atoms with van der Waals surface area (Å²) >= 11 is 5.98. The molecule has 0 aliphatic rings. The summed E-state index contributed by atoms with van der Waals surface area (Å²) in [5.74, 6) is 0.497. The first-order valence-corrected chi connectivity index (χ1v) is 7.60. The maximum Gasteiger partial charge on any atom is 0.261 e. The Morgan fingerprint density at radius 1 is 1.18 bits per heavy atom. The number of hydrogen-bond acceptors (Lipinski definition) is 2. The van der Waals surface area contributed by atoms with E-state index in [1.807, 2.05) is 44.2 Å². The van der Waals surface area contributed by atoms with Gasteiger partial charge in [-0.1, -0.05) is 35.9 Å². The van der Waals surface area contributed by atoms with Crippen LogP contribution in [0, 0.1) is 13.8 Å². The minimum Gasteiger partial charge on any atom is -0.481 e. The highest BCUT2D eigenvalue weighted by atomic mass is 35.5. The van der Waals surface area contributed by atoms with Gasteiger partial charge in [0.25, 0.3) is 5.91 Å². The molecule has 0 fully saturated rings. The predicted octanol–water partition coefficient (Wildman–Crippen LogP) is 4.04. The number of aryl methyl sites for hydroxylation is 2. The van der Waals surface area contributed by atoms with Crippen molar-refractivity contribution in [3.8, 4) is 5.75 Å². The minimum atomic E-state index is -0.565. The summed E-state index contributed by atoms with van der Waals surface area (Å²) in [6.45, 7) is 6.16. The van der Waals surface area contributed by atoms with Gasteiger partial charge in [-0.25, -0.2) is 0 Å². The highest BCUT2D eigenvalue weighted by Gasteiger charge is 2.14. The van der Waals surface area contributed by atoms with E-state index in [-0.39, 0.29) is 5.91 Å². The molecule has 0 radical (unpaired) electrons. The van der Waals surface area contributed by atoms with Crippen LogP contribution >= 0.6 is 11.6 Å². The first kappa shape index (κ1) is 16.4. The number of rotatable bonds is 5. The van der Waals surface area contributed by atoms with Crippen molar-refractivity contribution < 1.29 is 9.53 Å². The average molecular weight is 318 g/mol. The number of carbonyl (C=O) groups excluding carboxylic acids is 1. The summed E-state index contributed by atoms with van der Waals surface area (Å²) in [6.07, 6.45) is -0.565. The van der Waals surface area contributed by atoms with Crippen molar-refractivity contribution in [1.29, 1.82) is 0 Å². The first-order chi connectivity index (χ1) is 10.5. The molecule has 1 atom stereocenters. The molecule has 2 aromatic rings. The van der Waals surface area contributed by atoms with Gasteiger partial charge in [0, 0.05) is 11.6 Å². The maximum absolute atomic E-state index is 12.1.